The van der Waals surface area contributed by atoms with Crippen LogP contribution in [0.25, 0.3) is 0 Å². The number of benzene rings is 1. The number of nitrogens with zero attached hydrogens (tertiary/aromatic N) is 2. The van der Waals surface area contributed by atoms with Gasteiger partial charge in [-0.05, 0) is 36.1 Å². The van der Waals surface area contributed by atoms with Gasteiger partial charge < -0.3 is 9.47 Å². The van der Waals surface area contributed by atoms with E-state index in [9.17, 15) is 8.78 Å². The zero-order chi connectivity index (χ0) is 17.4. The normalized spacial score (nSPS) is 24.8. The van der Waals surface area contributed by atoms with Crippen LogP contribution in [0, 0.1) is 23.1 Å². The summed E-state index contributed by atoms with van der Waals surface area (Å²) in [6, 6.07) is 9.66. The molecule has 6 heteroatoms. The lowest BCUT2D eigenvalue weighted by Gasteiger charge is -2.21. The Kier molecular flexibility index (Phi) is 4.07. The highest BCUT2D eigenvalue weighted by Gasteiger charge is 2.60. The van der Waals surface area contributed by atoms with Gasteiger partial charge >= 0.3 is 0 Å². The van der Waals surface area contributed by atoms with E-state index < -0.39 is 5.95 Å². The number of likely N-dealkylation sites (tertiary alicyclic amines) is 1. The van der Waals surface area contributed by atoms with Crippen molar-refractivity contribution in [2.75, 3.05) is 26.8 Å². The summed E-state index contributed by atoms with van der Waals surface area (Å²) in [5.74, 6) is 0.317. The first-order valence-electron chi connectivity index (χ1n) is 8.38. The predicted molar refractivity (Wildman–Crippen MR) is 88.5 cm³/mol. The van der Waals surface area contributed by atoms with E-state index in [2.05, 4.69) is 9.88 Å². The van der Waals surface area contributed by atoms with Gasteiger partial charge in [-0.1, -0.05) is 12.1 Å². The van der Waals surface area contributed by atoms with E-state index in [-0.39, 0.29) is 17.0 Å². The molecule has 0 N–H and O–H groups in total. The van der Waals surface area contributed by atoms with Gasteiger partial charge in [0, 0.05) is 31.1 Å². The Morgan fingerprint density at radius 1 is 1.28 bits per heavy atom. The van der Waals surface area contributed by atoms with Gasteiger partial charge in [-0.25, -0.2) is 4.39 Å². The van der Waals surface area contributed by atoms with Gasteiger partial charge in [0.25, 0.3) is 0 Å². The lowest BCUT2D eigenvalue weighted by atomic mass is 10.1. The molecule has 0 bridgehead atoms. The first kappa shape index (κ1) is 16.3. The van der Waals surface area contributed by atoms with Crippen LogP contribution in [-0.4, -0.2) is 36.7 Å². The number of fused-ring (bicyclic) bond motifs is 1. The SMILES string of the molecule is COc1ccc(CN2CC3CC3(COc3cccc(F)n3)C2)cc1F. The number of rotatable bonds is 6. The minimum Gasteiger partial charge on any atom is -0.494 e. The number of methoxy groups -OCH3 is 1. The van der Waals surface area contributed by atoms with E-state index in [0.717, 1.165) is 25.1 Å². The second-order valence-electron chi connectivity index (χ2n) is 6.99. The molecule has 2 aliphatic rings. The van der Waals surface area contributed by atoms with Crippen molar-refractivity contribution in [3.63, 3.8) is 0 Å². The molecule has 1 aliphatic carbocycles. The van der Waals surface area contributed by atoms with E-state index in [1.807, 2.05) is 6.07 Å². The Balaban J connectivity index is 1.34. The summed E-state index contributed by atoms with van der Waals surface area (Å²) >= 11 is 0. The predicted octanol–water partition coefficient (Wildman–Crippen LogP) is 3.27. The van der Waals surface area contributed by atoms with E-state index in [1.54, 1.807) is 18.2 Å². The fourth-order valence-corrected chi connectivity index (χ4v) is 3.80. The number of hydrogen-bond donors (Lipinski definition) is 0. The number of aromatic nitrogens is 1. The molecule has 4 rings (SSSR count). The number of halogens is 2. The lowest BCUT2D eigenvalue weighted by Crippen LogP contribution is -2.27. The number of pyridine rings is 1. The number of hydrogen-bond acceptors (Lipinski definition) is 4. The van der Waals surface area contributed by atoms with Gasteiger partial charge in [-0.3, -0.25) is 4.90 Å². The van der Waals surface area contributed by atoms with Gasteiger partial charge in [0.05, 0.1) is 13.7 Å². The van der Waals surface area contributed by atoms with Gasteiger partial charge in [-0.15, -0.1) is 0 Å². The Labute approximate surface area is 145 Å². The fourth-order valence-electron chi connectivity index (χ4n) is 3.80. The van der Waals surface area contributed by atoms with Crippen molar-refractivity contribution in [3.05, 3.63) is 53.7 Å². The molecule has 25 heavy (non-hydrogen) atoms. The second-order valence-corrected chi connectivity index (χ2v) is 6.99. The Morgan fingerprint density at radius 3 is 2.92 bits per heavy atom. The molecule has 1 aromatic carbocycles. The van der Waals surface area contributed by atoms with Crippen molar-refractivity contribution >= 4 is 0 Å². The van der Waals surface area contributed by atoms with E-state index in [1.165, 1.54) is 19.2 Å². The Hall–Kier alpha value is -2.21. The molecule has 132 valence electrons. The number of piperidine rings is 1. The molecule has 2 fully saturated rings. The summed E-state index contributed by atoms with van der Waals surface area (Å²) < 4.78 is 37.6. The molecule has 2 unspecified atom stereocenters. The largest absolute Gasteiger partial charge is 0.494 e. The Morgan fingerprint density at radius 2 is 2.16 bits per heavy atom. The van der Waals surface area contributed by atoms with Gasteiger partial charge in [0.2, 0.25) is 11.8 Å². The molecular weight excluding hydrogens is 326 g/mol. The van der Waals surface area contributed by atoms with Crippen LogP contribution in [0.4, 0.5) is 8.78 Å². The molecule has 0 radical (unpaired) electrons. The van der Waals surface area contributed by atoms with Crippen LogP contribution in [0.15, 0.2) is 36.4 Å². The third-order valence-electron chi connectivity index (χ3n) is 5.20. The van der Waals surface area contributed by atoms with Crippen LogP contribution in [0.5, 0.6) is 11.6 Å². The van der Waals surface area contributed by atoms with Gasteiger partial charge in [0.15, 0.2) is 11.6 Å². The zero-order valence-electron chi connectivity index (χ0n) is 14.0. The Bertz CT molecular complexity index is 786. The molecule has 4 nitrogen and oxygen atoms in total. The minimum absolute atomic E-state index is 0.124. The van der Waals surface area contributed by atoms with E-state index in [4.69, 9.17) is 9.47 Å². The first-order chi connectivity index (χ1) is 12.1. The molecule has 1 saturated heterocycles. The van der Waals surface area contributed by atoms with E-state index >= 15 is 0 Å². The van der Waals surface area contributed by atoms with E-state index in [0.29, 0.717) is 24.9 Å². The summed E-state index contributed by atoms with van der Waals surface area (Å²) in [7, 11) is 1.46. The summed E-state index contributed by atoms with van der Waals surface area (Å²) in [6.45, 7) is 3.13. The summed E-state index contributed by atoms with van der Waals surface area (Å²) in [6.07, 6.45) is 1.12. The van der Waals surface area contributed by atoms with Crippen LogP contribution < -0.4 is 9.47 Å². The topological polar surface area (TPSA) is 34.6 Å². The van der Waals surface area contributed by atoms with Crippen molar-refractivity contribution in [1.82, 2.24) is 9.88 Å². The maximum absolute atomic E-state index is 13.8. The standard InChI is InChI=1S/C19H20F2N2O2/c1-24-16-6-5-13(7-15(16)20)9-23-10-14-8-19(14,11-23)12-25-18-4-2-3-17(21)22-18/h2-7,14H,8-12H2,1H3. The monoisotopic (exact) mass is 346 g/mol. The van der Waals surface area contributed by atoms with Gasteiger partial charge in [0.1, 0.15) is 0 Å². The highest BCUT2D eigenvalue weighted by Crippen LogP contribution is 2.58. The smallest absolute Gasteiger partial charge is 0.216 e. The van der Waals surface area contributed by atoms with Crippen LogP contribution in [0.2, 0.25) is 0 Å². The molecule has 0 spiro atoms. The molecule has 2 aromatic rings. The summed E-state index contributed by atoms with van der Waals surface area (Å²) in [4.78, 5) is 6.06. The average Bonchev–Trinajstić information content (AvgIpc) is 3.15. The summed E-state index contributed by atoms with van der Waals surface area (Å²) in [5.41, 5.74) is 1.06. The van der Waals surface area contributed by atoms with Crippen molar-refractivity contribution in [2.45, 2.75) is 13.0 Å². The van der Waals surface area contributed by atoms with Crippen molar-refractivity contribution in [3.8, 4) is 11.6 Å². The maximum atomic E-state index is 13.8. The van der Waals surface area contributed by atoms with Crippen LogP contribution in [-0.2, 0) is 6.54 Å². The van der Waals surface area contributed by atoms with Crippen molar-refractivity contribution < 1.29 is 18.3 Å². The second kappa shape index (κ2) is 6.26. The molecule has 2 atom stereocenters. The van der Waals surface area contributed by atoms with Crippen LogP contribution >= 0.6 is 0 Å². The highest BCUT2D eigenvalue weighted by molar-refractivity contribution is 5.29. The average molecular weight is 346 g/mol. The van der Waals surface area contributed by atoms with Crippen LogP contribution in [0.1, 0.15) is 12.0 Å². The molecule has 1 saturated carbocycles. The third-order valence-corrected chi connectivity index (χ3v) is 5.20. The lowest BCUT2D eigenvalue weighted by molar-refractivity contribution is 0.194. The summed E-state index contributed by atoms with van der Waals surface area (Å²) in [5, 5.41) is 0. The van der Waals surface area contributed by atoms with Gasteiger partial charge in [-0.2, -0.15) is 9.37 Å². The molecule has 1 aliphatic heterocycles. The third kappa shape index (κ3) is 3.31. The quantitative estimate of drug-likeness (QED) is 0.752. The molecule has 2 heterocycles. The molecule has 0 amide bonds. The zero-order valence-corrected chi connectivity index (χ0v) is 14.0. The number of ether oxygens (including phenoxy) is 2. The first-order valence-corrected chi connectivity index (χ1v) is 8.38. The highest BCUT2D eigenvalue weighted by atomic mass is 19.1. The maximum Gasteiger partial charge on any atom is 0.216 e. The minimum atomic E-state index is -0.531. The molecular formula is C19H20F2N2O2. The molecule has 1 aromatic heterocycles. The fraction of sp³-hybridized carbons (Fsp3) is 0.421. The van der Waals surface area contributed by atoms with Crippen molar-refractivity contribution in [2.24, 2.45) is 11.3 Å². The van der Waals surface area contributed by atoms with Crippen molar-refractivity contribution in [1.29, 1.82) is 0 Å². The van der Waals surface area contributed by atoms with Crippen LogP contribution in [0.3, 0.4) is 0 Å².